The van der Waals surface area contributed by atoms with Gasteiger partial charge >= 0.3 is 0 Å². The standard InChI is InChI=1S/C16H22BrClO/c17-11-16(14-7-9-15(18)10-8-14)19-12-13-5-3-1-2-4-6-13/h7-10,13,16H,1-6,11-12H2. The monoisotopic (exact) mass is 344 g/mol. The van der Waals surface area contributed by atoms with E-state index < -0.39 is 0 Å². The summed E-state index contributed by atoms with van der Waals surface area (Å²) in [5.74, 6) is 0.747. The molecule has 1 aromatic rings. The molecule has 1 fully saturated rings. The summed E-state index contributed by atoms with van der Waals surface area (Å²) in [6.45, 7) is 0.888. The van der Waals surface area contributed by atoms with E-state index >= 15 is 0 Å². The predicted octanol–water partition coefficient (Wildman–Crippen LogP) is 5.76. The highest BCUT2D eigenvalue weighted by molar-refractivity contribution is 9.09. The van der Waals surface area contributed by atoms with Crippen molar-refractivity contribution in [2.24, 2.45) is 5.92 Å². The molecular formula is C16H22BrClO. The molecule has 1 atom stereocenters. The molecule has 1 saturated carbocycles. The number of alkyl halides is 1. The molecule has 106 valence electrons. The third kappa shape index (κ3) is 5.09. The van der Waals surface area contributed by atoms with Crippen molar-refractivity contribution < 1.29 is 4.74 Å². The SMILES string of the molecule is Clc1ccc(C(CBr)OCC2CCCCCC2)cc1. The normalized spacial score (nSPS) is 19.1. The van der Waals surface area contributed by atoms with Gasteiger partial charge in [-0.05, 0) is 36.5 Å². The lowest BCUT2D eigenvalue weighted by atomic mass is 10.0. The van der Waals surface area contributed by atoms with Crippen molar-refractivity contribution in [1.29, 1.82) is 0 Å². The van der Waals surface area contributed by atoms with E-state index in [-0.39, 0.29) is 6.10 Å². The minimum Gasteiger partial charge on any atom is -0.372 e. The van der Waals surface area contributed by atoms with Crippen LogP contribution in [0.4, 0.5) is 0 Å². The Morgan fingerprint density at radius 2 is 1.74 bits per heavy atom. The highest BCUT2D eigenvalue weighted by atomic mass is 79.9. The summed E-state index contributed by atoms with van der Waals surface area (Å²) in [5, 5.41) is 1.61. The van der Waals surface area contributed by atoms with Gasteiger partial charge in [0.25, 0.3) is 0 Å². The van der Waals surface area contributed by atoms with Crippen LogP contribution in [-0.4, -0.2) is 11.9 Å². The van der Waals surface area contributed by atoms with E-state index in [4.69, 9.17) is 16.3 Å². The van der Waals surface area contributed by atoms with Crippen molar-refractivity contribution in [3.63, 3.8) is 0 Å². The largest absolute Gasteiger partial charge is 0.372 e. The Bertz CT molecular complexity index is 358. The lowest BCUT2D eigenvalue weighted by Crippen LogP contribution is -2.14. The molecule has 0 bridgehead atoms. The minimum absolute atomic E-state index is 0.139. The fraction of sp³-hybridized carbons (Fsp3) is 0.625. The van der Waals surface area contributed by atoms with E-state index in [2.05, 4.69) is 28.1 Å². The first-order chi connectivity index (χ1) is 9.29. The molecule has 1 aliphatic carbocycles. The van der Waals surface area contributed by atoms with Gasteiger partial charge in [-0.15, -0.1) is 0 Å². The first-order valence-electron chi connectivity index (χ1n) is 7.22. The number of halogens is 2. The van der Waals surface area contributed by atoms with Gasteiger partial charge in [0, 0.05) is 10.4 Å². The van der Waals surface area contributed by atoms with Gasteiger partial charge in [0.1, 0.15) is 0 Å². The topological polar surface area (TPSA) is 9.23 Å². The average Bonchev–Trinajstić information content (AvgIpc) is 2.70. The van der Waals surface area contributed by atoms with Crippen molar-refractivity contribution in [3.8, 4) is 0 Å². The van der Waals surface area contributed by atoms with E-state index in [0.29, 0.717) is 0 Å². The second-order valence-electron chi connectivity index (χ2n) is 5.39. The van der Waals surface area contributed by atoms with Gasteiger partial charge in [0.05, 0.1) is 12.7 Å². The summed E-state index contributed by atoms with van der Waals surface area (Å²) in [6.07, 6.45) is 8.33. The van der Waals surface area contributed by atoms with E-state index in [1.165, 1.54) is 44.1 Å². The van der Waals surface area contributed by atoms with Crippen molar-refractivity contribution >= 4 is 27.5 Å². The molecule has 0 aromatic heterocycles. The Hall–Kier alpha value is -0.0500. The predicted molar refractivity (Wildman–Crippen MR) is 85.1 cm³/mol. The second-order valence-corrected chi connectivity index (χ2v) is 6.47. The maximum Gasteiger partial charge on any atom is 0.0921 e. The van der Waals surface area contributed by atoms with Crippen LogP contribution in [-0.2, 0) is 4.74 Å². The summed E-state index contributed by atoms with van der Waals surface area (Å²) in [4.78, 5) is 0. The number of ether oxygens (including phenoxy) is 1. The van der Waals surface area contributed by atoms with Gasteiger partial charge in [0.15, 0.2) is 0 Å². The van der Waals surface area contributed by atoms with Gasteiger partial charge < -0.3 is 4.74 Å². The fourth-order valence-electron chi connectivity index (χ4n) is 2.69. The van der Waals surface area contributed by atoms with Crippen LogP contribution >= 0.6 is 27.5 Å². The lowest BCUT2D eigenvalue weighted by molar-refractivity contribution is 0.0392. The summed E-state index contributed by atoms with van der Waals surface area (Å²) in [5.41, 5.74) is 1.20. The van der Waals surface area contributed by atoms with Crippen molar-refractivity contribution in [3.05, 3.63) is 34.9 Å². The number of rotatable bonds is 5. The van der Waals surface area contributed by atoms with Crippen LogP contribution in [0.2, 0.25) is 5.02 Å². The molecule has 1 aliphatic rings. The van der Waals surface area contributed by atoms with Crippen LogP contribution in [0.5, 0.6) is 0 Å². The number of benzene rings is 1. The van der Waals surface area contributed by atoms with E-state index in [0.717, 1.165) is 22.9 Å². The third-order valence-corrected chi connectivity index (χ3v) is 4.73. The van der Waals surface area contributed by atoms with Crippen LogP contribution in [0.1, 0.15) is 50.2 Å². The average molecular weight is 346 g/mol. The highest BCUT2D eigenvalue weighted by Gasteiger charge is 2.16. The third-order valence-electron chi connectivity index (χ3n) is 3.89. The quantitative estimate of drug-likeness (QED) is 0.487. The molecule has 0 aliphatic heterocycles. The first kappa shape index (κ1) is 15.3. The van der Waals surface area contributed by atoms with Crippen LogP contribution < -0.4 is 0 Å². The summed E-state index contributed by atoms with van der Waals surface area (Å²) < 4.78 is 6.12. The lowest BCUT2D eigenvalue weighted by Gasteiger charge is -2.20. The van der Waals surface area contributed by atoms with E-state index in [1.54, 1.807) is 0 Å². The van der Waals surface area contributed by atoms with E-state index in [9.17, 15) is 0 Å². The van der Waals surface area contributed by atoms with Crippen LogP contribution in [0.25, 0.3) is 0 Å². The molecule has 3 heteroatoms. The Balaban J connectivity index is 1.86. The Labute approximate surface area is 129 Å². The maximum atomic E-state index is 6.12. The van der Waals surface area contributed by atoms with E-state index in [1.807, 2.05) is 12.1 Å². The Kier molecular flexibility index (Phi) is 6.69. The van der Waals surface area contributed by atoms with Crippen molar-refractivity contribution in [2.75, 3.05) is 11.9 Å². The molecule has 0 spiro atoms. The number of hydrogen-bond donors (Lipinski definition) is 0. The van der Waals surface area contributed by atoms with Gasteiger partial charge in [-0.3, -0.25) is 0 Å². The van der Waals surface area contributed by atoms with Crippen molar-refractivity contribution in [2.45, 2.75) is 44.6 Å². The molecule has 1 aromatic carbocycles. The molecule has 2 rings (SSSR count). The molecule has 1 nitrogen and oxygen atoms in total. The Morgan fingerprint density at radius 3 is 2.32 bits per heavy atom. The zero-order chi connectivity index (χ0) is 13.5. The fourth-order valence-corrected chi connectivity index (χ4v) is 3.38. The summed E-state index contributed by atoms with van der Waals surface area (Å²) in [7, 11) is 0. The van der Waals surface area contributed by atoms with Gasteiger partial charge in [-0.2, -0.15) is 0 Å². The Morgan fingerprint density at radius 1 is 1.11 bits per heavy atom. The summed E-state index contributed by atoms with van der Waals surface area (Å²) >= 11 is 9.48. The first-order valence-corrected chi connectivity index (χ1v) is 8.72. The van der Waals surface area contributed by atoms with Crippen LogP contribution in [0.15, 0.2) is 24.3 Å². The molecule has 0 radical (unpaired) electrons. The van der Waals surface area contributed by atoms with Crippen LogP contribution in [0.3, 0.4) is 0 Å². The molecule has 19 heavy (non-hydrogen) atoms. The van der Waals surface area contributed by atoms with Gasteiger partial charge in [0.2, 0.25) is 0 Å². The zero-order valence-corrected chi connectivity index (χ0v) is 13.6. The second kappa shape index (κ2) is 8.28. The molecule has 0 saturated heterocycles. The smallest absolute Gasteiger partial charge is 0.0921 e. The maximum absolute atomic E-state index is 6.12. The minimum atomic E-state index is 0.139. The summed E-state index contributed by atoms with van der Waals surface area (Å²) in [6, 6.07) is 7.98. The van der Waals surface area contributed by atoms with Crippen molar-refractivity contribution in [1.82, 2.24) is 0 Å². The van der Waals surface area contributed by atoms with Gasteiger partial charge in [-0.25, -0.2) is 0 Å². The highest BCUT2D eigenvalue weighted by Crippen LogP contribution is 2.27. The molecular weight excluding hydrogens is 324 g/mol. The molecule has 0 amide bonds. The molecule has 0 heterocycles. The number of hydrogen-bond acceptors (Lipinski definition) is 1. The van der Waals surface area contributed by atoms with Crippen LogP contribution in [0, 0.1) is 5.92 Å². The molecule has 0 N–H and O–H groups in total. The molecule has 1 unspecified atom stereocenters. The zero-order valence-electron chi connectivity index (χ0n) is 11.3. The van der Waals surface area contributed by atoms with Gasteiger partial charge in [-0.1, -0.05) is 65.3 Å².